The summed E-state index contributed by atoms with van der Waals surface area (Å²) in [6.45, 7) is 3.78. The Balaban J connectivity index is 3.11. The largest absolute Gasteiger partial charge is 0.488 e. The van der Waals surface area contributed by atoms with Crippen molar-refractivity contribution in [2.45, 2.75) is 0 Å². The molecule has 0 bridgehead atoms. The molecular formula is C10H8FIO2. The van der Waals surface area contributed by atoms with Crippen molar-refractivity contribution in [1.82, 2.24) is 0 Å². The van der Waals surface area contributed by atoms with E-state index in [0.29, 0.717) is 22.2 Å². The van der Waals surface area contributed by atoms with E-state index in [4.69, 9.17) is 4.74 Å². The Morgan fingerprint density at radius 2 is 2.29 bits per heavy atom. The minimum atomic E-state index is -0.442. The lowest BCUT2D eigenvalue weighted by Crippen LogP contribution is -2.00. The van der Waals surface area contributed by atoms with Crippen molar-refractivity contribution in [3.63, 3.8) is 0 Å². The lowest BCUT2D eigenvalue weighted by molar-refractivity contribution is 0.111. The molecule has 0 aliphatic rings. The van der Waals surface area contributed by atoms with Crippen molar-refractivity contribution in [3.8, 4) is 5.75 Å². The Labute approximate surface area is 94.9 Å². The summed E-state index contributed by atoms with van der Waals surface area (Å²) >= 11 is 1.92. The molecule has 0 aromatic heterocycles. The molecule has 0 unspecified atom stereocenters. The van der Waals surface area contributed by atoms with Gasteiger partial charge in [-0.3, -0.25) is 4.79 Å². The summed E-state index contributed by atoms with van der Waals surface area (Å²) in [6.07, 6.45) is 2.14. The van der Waals surface area contributed by atoms with Crippen LogP contribution >= 0.6 is 22.6 Å². The zero-order valence-corrected chi connectivity index (χ0v) is 9.45. The first-order valence-corrected chi connectivity index (χ1v) is 4.95. The third-order valence-corrected chi connectivity index (χ3v) is 2.31. The van der Waals surface area contributed by atoms with Crippen LogP contribution in [-0.4, -0.2) is 12.9 Å². The Morgan fingerprint density at radius 1 is 1.57 bits per heavy atom. The zero-order valence-electron chi connectivity index (χ0n) is 7.30. The number of carbonyl (C=O) groups is 1. The number of benzene rings is 1. The van der Waals surface area contributed by atoms with Crippen molar-refractivity contribution >= 4 is 28.9 Å². The molecule has 0 heterocycles. The molecule has 0 N–H and O–H groups in total. The van der Waals surface area contributed by atoms with Gasteiger partial charge in [0.15, 0.2) is 6.29 Å². The molecule has 74 valence electrons. The third-order valence-electron chi connectivity index (χ3n) is 1.51. The molecule has 1 aromatic rings. The van der Waals surface area contributed by atoms with Gasteiger partial charge in [0.2, 0.25) is 0 Å². The van der Waals surface area contributed by atoms with Crippen LogP contribution in [0.2, 0.25) is 0 Å². The maximum absolute atomic E-state index is 12.9. The summed E-state index contributed by atoms with van der Waals surface area (Å²) in [5, 5.41) is 0. The predicted octanol–water partition coefficient (Wildman–Crippen LogP) is 2.81. The van der Waals surface area contributed by atoms with E-state index in [0.717, 1.165) is 6.07 Å². The molecule has 0 amide bonds. The van der Waals surface area contributed by atoms with Gasteiger partial charge in [0.05, 0.1) is 9.13 Å². The number of carbonyl (C=O) groups excluding carboxylic acids is 1. The number of hydrogen-bond donors (Lipinski definition) is 0. The Hall–Kier alpha value is -0.910. The quantitative estimate of drug-likeness (QED) is 0.486. The van der Waals surface area contributed by atoms with Crippen LogP contribution in [0.25, 0.3) is 0 Å². The molecule has 0 aliphatic carbocycles. The third kappa shape index (κ3) is 2.54. The van der Waals surface area contributed by atoms with Gasteiger partial charge in [-0.2, -0.15) is 0 Å². The van der Waals surface area contributed by atoms with Crippen LogP contribution in [0, 0.1) is 9.39 Å². The lowest BCUT2D eigenvalue weighted by Gasteiger charge is -2.08. The van der Waals surface area contributed by atoms with E-state index >= 15 is 0 Å². The second kappa shape index (κ2) is 5.09. The van der Waals surface area contributed by atoms with Gasteiger partial charge in [-0.15, -0.1) is 0 Å². The molecule has 0 atom stereocenters. The van der Waals surface area contributed by atoms with E-state index in [1.165, 1.54) is 6.07 Å². The van der Waals surface area contributed by atoms with E-state index in [-0.39, 0.29) is 5.56 Å². The average Bonchev–Trinajstić information content (AvgIpc) is 2.15. The Kier molecular flexibility index (Phi) is 4.06. The second-order valence-electron chi connectivity index (χ2n) is 2.52. The van der Waals surface area contributed by atoms with Crippen molar-refractivity contribution in [2.75, 3.05) is 6.61 Å². The maximum Gasteiger partial charge on any atom is 0.153 e. The summed E-state index contributed by atoms with van der Waals surface area (Å²) in [5.41, 5.74) is 0.219. The normalized spacial score (nSPS) is 9.57. The Morgan fingerprint density at radius 3 is 2.86 bits per heavy atom. The molecule has 0 fully saturated rings. The van der Waals surface area contributed by atoms with Crippen LogP contribution in [0.1, 0.15) is 10.4 Å². The molecule has 2 nitrogen and oxygen atoms in total. The van der Waals surface area contributed by atoms with Crippen molar-refractivity contribution in [1.29, 1.82) is 0 Å². The van der Waals surface area contributed by atoms with Crippen molar-refractivity contribution < 1.29 is 13.9 Å². The molecule has 0 aliphatic heterocycles. The number of aldehydes is 1. The van der Waals surface area contributed by atoms with Gasteiger partial charge in [0.25, 0.3) is 0 Å². The summed E-state index contributed by atoms with van der Waals surface area (Å²) < 4.78 is 18.7. The average molecular weight is 306 g/mol. The van der Waals surface area contributed by atoms with E-state index < -0.39 is 5.82 Å². The van der Waals surface area contributed by atoms with Gasteiger partial charge >= 0.3 is 0 Å². The van der Waals surface area contributed by atoms with Crippen LogP contribution in [0.4, 0.5) is 4.39 Å². The first-order valence-electron chi connectivity index (χ1n) is 3.87. The first kappa shape index (κ1) is 11.2. The molecule has 4 heteroatoms. The summed E-state index contributed by atoms with van der Waals surface area (Å²) in [6, 6.07) is 2.46. The van der Waals surface area contributed by atoms with Gasteiger partial charge in [-0.05, 0) is 34.7 Å². The fraction of sp³-hybridized carbons (Fsp3) is 0.100. The minimum absolute atomic E-state index is 0.219. The SMILES string of the molecule is C=CCOc1c(I)cc(F)cc1C=O. The van der Waals surface area contributed by atoms with Crippen LogP contribution < -0.4 is 4.74 Å². The molecule has 1 rings (SSSR count). The highest BCUT2D eigenvalue weighted by molar-refractivity contribution is 14.1. The van der Waals surface area contributed by atoms with Gasteiger partial charge in [-0.1, -0.05) is 12.7 Å². The minimum Gasteiger partial charge on any atom is -0.488 e. The number of ether oxygens (including phenoxy) is 1. The Bertz CT molecular complexity index is 363. The van der Waals surface area contributed by atoms with Gasteiger partial charge in [0, 0.05) is 0 Å². The van der Waals surface area contributed by atoms with E-state index in [9.17, 15) is 9.18 Å². The molecule has 1 aromatic carbocycles. The monoisotopic (exact) mass is 306 g/mol. The van der Waals surface area contributed by atoms with Crippen molar-refractivity contribution in [3.05, 3.63) is 39.7 Å². The van der Waals surface area contributed by atoms with Gasteiger partial charge in [0.1, 0.15) is 18.2 Å². The molecule has 0 saturated carbocycles. The molecule has 14 heavy (non-hydrogen) atoms. The van der Waals surface area contributed by atoms with Crippen LogP contribution in [0.15, 0.2) is 24.8 Å². The molecule has 0 radical (unpaired) electrons. The number of hydrogen-bond acceptors (Lipinski definition) is 2. The van der Waals surface area contributed by atoms with Gasteiger partial charge < -0.3 is 4.74 Å². The summed E-state index contributed by atoms with van der Waals surface area (Å²) in [7, 11) is 0. The topological polar surface area (TPSA) is 26.3 Å². The standard InChI is InChI=1S/C10H8FIO2/c1-2-3-14-10-7(6-13)4-8(11)5-9(10)12/h2,4-6H,1,3H2. The smallest absolute Gasteiger partial charge is 0.153 e. The highest BCUT2D eigenvalue weighted by Gasteiger charge is 2.09. The molecule has 0 spiro atoms. The number of halogens is 2. The van der Waals surface area contributed by atoms with Crippen LogP contribution in [0.5, 0.6) is 5.75 Å². The highest BCUT2D eigenvalue weighted by atomic mass is 127. The molecular weight excluding hydrogens is 298 g/mol. The van der Waals surface area contributed by atoms with Crippen LogP contribution in [0.3, 0.4) is 0 Å². The summed E-state index contributed by atoms with van der Waals surface area (Å²) in [4.78, 5) is 10.6. The maximum atomic E-state index is 12.9. The van der Waals surface area contributed by atoms with E-state index in [1.807, 2.05) is 22.6 Å². The zero-order chi connectivity index (χ0) is 10.6. The predicted molar refractivity (Wildman–Crippen MR) is 60.2 cm³/mol. The van der Waals surface area contributed by atoms with Gasteiger partial charge in [-0.25, -0.2) is 4.39 Å². The summed E-state index contributed by atoms with van der Waals surface area (Å²) in [5.74, 6) is -0.0376. The number of rotatable bonds is 4. The van der Waals surface area contributed by atoms with E-state index in [1.54, 1.807) is 6.08 Å². The fourth-order valence-corrected chi connectivity index (χ4v) is 1.73. The van der Waals surface area contributed by atoms with E-state index in [2.05, 4.69) is 6.58 Å². The first-order chi connectivity index (χ1) is 6.69. The second-order valence-corrected chi connectivity index (χ2v) is 3.69. The highest BCUT2D eigenvalue weighted by Crippen LogP contribution is 2.25. The fourth-order valence-electron chi connectivity index (χ4n) is 0.962. The lowest BCUT2D eigenvalue weighted by atomic mass is 10.2. The molecule has 0 saturated heterocycles. The van der Waals surface area contributed by atoms with Crippen molar-refractivity contribution in [2.24, 2.45) is 0 Å². The van der Waals surface area contributed by atoms with Crippen LogP contribution in [-0.2, 0) is 0 Å².